The molecule has 0 amide bonds. The van der Waals surface area contributed by atoms with Crippen molar-refractivity contribution in [1.29, 1.82) is 0 Å². The molecule has 0 aliphatic heterocycles. The van der Waals surface area contributed by atoms with E-state index in [-0.39, 0.29) is 11.6 Å². The SMILES string of the molecule is CC(c1ccccc1)n1ncc(C(=O)O)c1Br. The van der Waals surface area contributed by atoms with Gasteiger partial charge in [0.05, 0.1) is 12.2 Å². The van der Waals surface area contributed by atoms with Crippen LogP contribution in [-0.4, -0.2) is 20.9 Å². The molecule has 1 atom stereocenters. The topological polar surface area (TPSA) is 55.1 Å². The Kier molecular flexibility index (Phi) is 3.28. The summed E-state index contributed by atoms with van der Waals surface area (Å²) in [6.07, 6.45) is 1.35. The third-order valence-electron chi connectivity index (χ3n) is 2.61. The van der Waals surface area contributed by atoms with E-state index in [0.717, 1.165) is 5.56 Å². The van der Waals surface area contributed by atoms with Gasteiger partial charge in [-0.15, -0.1) is 0 Å². The summed E-state index contributed by atoms with van der Waals surface area (Å²) in [4.78, 5) is 10.9. The molecule has 5 heteroatoms. The van der Waals surface area contributed by atoms with Crippen LogP contribution in [0.15, 0.2) is 41.1 Å². The summed E-state index contributed by atoms with van der Waals surface area (Å²) in [5.74, 6) is -0.983. The second-order valence-corrected chi connectivity index (χ2v) is 4.44. The Morgan fingerprint density at radius 3 is 2.59 bits per heavy atom. The lowest BCUT2D eigenvalue weighted by atomic mass is 10.1. The third kappa shape index (κ3) is 2.24. The van der Waals surface area contributed by atoms with E-state index in [4.69, 9.17) is 5.11 Å². The fourth-order valence-electron chi connectivity index (χ4n) is 1.63. The Balaban J connectivity index is 2.39. The van der Waals surface area contributed by atoms with E-state index >= 15 is 0 Å². The van der Waals surface area contributed by atoms with Gasteiger partial charge in [-0.25, -0.2) is 4.79 Å². The summed E-state index contributed by atoms with van der Waals surface area (Å²) in [7, 11) is 0. The number of halogens is 1. The molecular formula is C12H11BrN2O2. The van der Waals surface area contributed by atoms with Crippen molar-refractivity contribution in [1.82, 2.24) is 9.78 Å². The largest absolute Gasteiger partial charge is 0.478 e. The average molecular weight is 295 g/mol. The molecule has 0 aliphatic rings. The van der Waals surface area contributed by atoms with Gasteiger partial charge in [-0.1, -0.05) is 30.3 Å². The molecule has 0 spiro atoms. The molecule has 2 rings (SSSR count). The van der Waals surface area contributed by atoms with Crippen LogP contribution in [-0.2, 0) is 0 Å². The predicted octanol–water partition coefficient (Wildman–Crippen LogP) is 2.95. The van der Waals surface area contributed by atoms with Gasteiger partial charge >= 0.3 is 5.97 Å². The van der Waals surface area contributed by atoms with Crippen molar-refractivity contribution in [2.24, 2.45) is 0 Å². The molecule has 0 saturated carbocycles. The summed E-state index contributed by atoms with van der Waals surface area (Å²) in [6.45, 7) is 1.97. The van der Waals surface area contributed by atoms with Gasteiger partial charge in [-0.2, -0.15) is 5.10 Å². The minimum atomic E-state index is -0.983. The monoisotopic (exact) mass is 294 g/mol. The Morgan fingerprint density at radius 1 is 1.41 bits per heavy atom. The number of nitrogens with zero attached hydrogens (tertiary/aromatic N) is 2. The molecule has 1 aromatic carbocycles. The molecular weight excluding hydrogens is 284 g/mol. The van der Waals surface area contributed by atoms with Crippen molar-refractivity contribution in [3.63, 3.8) is 0 Å². The van der Waals surface area contributed by atoms with E-state index in [1.807, 2.05) is 37.3 Å². The van der Waals surface area contributed by atoms with Gasteiger partial charge in [0.1, 0.15) is 10.2 Å². The van der Waals surface area contributed by atoms with Crippen molar-refractivity contribution in [2.75, 3.05) is 0 Å². The molecule has 0 saturated heterocycles. The van der Waals surface area contributed by atoms with Gasteiger partial charge in [-0.05, 0) is 28.4 Å². The summed E-state index contributed by atoms with van der Waals surface area (Å²) in [5, 5.41) is 13.1. The molecule has 1 aromatic heterocycles. The van der Waals surface area contributed by atoms with Crippen LogP contribution in [0.5, 0.6) is 0 Å². The molecule has 0 fully saturated rings. The van der Waals surface area contributed by atoms with Crippen LogP contribution in [0.3, 0.4) is 0 Å². The molecule has 88 valence electrons. The normalized spacial score (nSPS) is 12.4. The summed E-state index contributed by atoms with van der Waals surface area (Å²) in [6, 6.07) is 9.79. The minimum absolute atomic E-state index is 0.0151. The van der Waals surface area contributed by atoms with Gasteiger partial charge in [-0.3, -0.25) is 4.68 Å². The molecule has 2 aromatic rings. The Bertz CT molecular complexity index is 537. The summed E-state index contributed by atoms with van der Waals surface area (Å²) in [5.41, 5.74) is 1.25. The van der Waals surface area contributed by atoms with Crippen LogP contribution in [0.2, 0.25) is 0 Å². The minimum Gasteiger partial charge on any atom is -0.478 e. The van der Waals surface area contributed by atoms with E-state index in [1.54, 1.807) is 4.68 Å². The Morgan fingerprint density at radius 2 is 2.06 bits per heavy atom. The van der Waals surface area contributed by atoms with E-state index < -0.39 is 5.97 Å². The second kappa shape index (κ2) is 4.71. The van der Waals surface area contributed by atoms with Crippen LogP contribution in [0, 0.1) is 0 Å². The summed E-state index contributed by atoms with van der Waals surface area (Å²) >= 11 is 3.27. The summed E-state index contributed by atoms with van der Waals surface area (Å²) < 4.78 is 2.14. The van der Waals surface area contributed by atoms with Crippen LogP contribution >= 0.6 is 15.9 Å². The maximum absolute atomic E-state index is 10.9. The van der Waals surface area contributed by atoms with Crippen molar-refractivity contribution in [3.05, 3.63) is 52.3 Å². The molecule has 0 radical (unpaired) electrons. The van der Waals surface area contributed by atoms with Crippen molar-refractivity contribution >= 4 is 21.9 Å². The molecule has 1 heterocycles. The van der Waals surface area contributed by atoms with Crippen molar-refractivity contribution in [3.8, 4) is 0 Å². The second-order valence-electron chi connectivity index (χ2n) is 3.69. The number of carboxylic acids is 1. The number of hydrogen-bond acceptors (Lipinski definition) is 2. The molecule has 17 heavy (non-hydrogen) atoms. The highest BCUT2D eigenvalue weighted by molar-refractivity contribution is 9.10. The van der Waals surface area contributed by atoms with Gasteiger partial charge in [0, 0.05) is 0 Å². The predicted molar refractivity (Wildman–Crippen MR) is 67.1 cm³/mol. The fourth-order valence-corrected chi connectivity index (χ4v) is 2.30. The van der Waals surface area contributed by atoms with E-state index in [9.17, 15) is 4.79 Å². The zero-order valence-corrected chi connectivity index (χ0v) is 10.8. The lowest BCUT2D eigenvalue weighted by Gasteiger charge is -2.13. The highest BCUT2D eigenvalue weighted by Gasteiger charge is 2.18. The number of carboxylic acid groups (broad SMARTS) is 1. The maximum atomic E-state index is 10.9. The fraction of sp³-hybridized carbons (Fsp3) is 0.167. The Hall–Kier alpha value is -1.62. The number of rotatable bonds is 3. The first kappa shape index (κ1) is 11.9. The zero-order chi connectivity index (χ0) is 12.4. The first-order valence-electron chi connectivity index (χ1n) is 5.12. The van der Waals surface area contributed by atoms with Crippen LogP contribution in [0.1, 0.15) is 28.9 Å². The standard InChI is InChI=1S/C12H11BrN2O2/c1-8(9-5-3-2-4-6-9)15-11(13)10(7-14-15)12(16)17/h2-8H,1H3,(H,16,17). The molecule has 0 bridgehead atoms. The number of aromatic nitrogens is 2. The lowest BCUT2D eigenvalue weighted by molar-refractivity contribution is 0.0695. The highest BCUT2D eigenvalue weighted by Crippen LogP contribution is 2.24. The van der Waals surface area contributed by atoms with Crippen molar-refractivity contribution in [2.45, 2.75) is 13.0 Å². The highest BCUT2D eigenvalue weighted by atomic mass is 79.9. The average Bonchev–Trinajstić information content (AvgIpc) is 2.71. The van der Waals surface area contributed by atoms with Crippen LogP contribution < -0.4 is 0 Å². The quantitative estimate of drug-likeness (QED) is 0.947. The maximum Gasteiger partial charge on any atom is 0.340 e. The first-order valence-corrected chi connectivity index (χ1v) is 5.92. The van der Waals surface area contributed by atoms with Crippen molar-refractivity contribution < 1.29 is 9.90 Å². The van der Waals surface area contributed by atoms with Crippen LogP contribution in [0.25, 0.3) is 0 Å². The van der Waals surface area contributed by atoms with Crippen LogP contribution in [0.4, 0.5) is 0 Å². The number of hydrogen-bond donors (Lipinski definition) is 1. The van der Waals surface area contributed by atoms with Gasteiger partial charge in [0.25, 0.3) is 0 Å². The van der Waals surface area contributed by atoms with Gasteiger partial charge in [0.15, 0.2) is 0 Å². The molecule has 1 N–H and O–H groups in total. The number of benzene rings is 1. The molecule has 4 nitrogen and oxygen atoms in total. The lowest BCUT2D eigenvalue weighted by Crippen LogP contribution is -2.09. The van der Waals surface area contributed by atoms with E-state index in [0.29, 0.717) is 4.60 Å². The van der Waals surface area contributed by atoms with E-state index in [1.165, 1.54) is 6.20 Å². The Labute approximate surface area is 107 Å². The third-order valence-corrected chi connectivity index (χ3v) is 3.40. The number of aromatic carboxylic acids is 1. The van der Waals surface area contributed by atoms with E-state index in [2.05, 4.69) is 21.0 Å². The van der Waals surface area contributed by atoms with Gasteiger partial charge < -0.3 is 5.11 Å². The zero-order valence-electron chi connectivity index (χ0n) is 9.17. The number of carbonyl (C=O) groups is 1. The first-order chi connectivity index (χ1) is 8.11. The molecule has 0 aliphatic carbocycles. The smallest absolute Gasteiger partial charge is 0.340 e. The molecule has 1 unspecified atom stereocenters. The van der Waals surface area contributed by atoms with Gasteiger partial charge in [0.2, 0.25) is 0 Å².